The minimum absolute atomic E-state index is 0.0130. The van der Waals surface area contributed by atoms with Gasteiger partial charge in [0, 0.05) is 50.2 Å². The molecule has 0 aliphatic carbocycles. The molecule has 3 aliphatic rings. The molecule has 2 fully saturated rings. The average Bonchev–Trinajstić information content (AvgIpc) is 3.42. The number of piperidine rings is 2. The molecule has 7 rings (SSSR count). The van der Waals surface area contributed by atoms with Crippen molar-refractivity contribution in [3.05, 3.63) is 101 Å². The number of amides is 5. The molecule has 1 aromatic heterocycles. The van der Waals surface area contributed by atoms with Crippen molar-refractivity contribution < 1.29 is 41.5 Å². The van der Waals surface area contributed by atoms with Crippen molar-refractivity contribution in [2.45, 2.75) is 50.2 Å². The molecule has 5 N–H and O–H groups in total. The largest absolute Gasteiger partial charge is 0.421 e. The predicted octanol–water partition coefficient (Wildman–Crippen LogP) is 4.45. The van der Waals surface area contributed by atoms with Gasteiger partial charge in [0.15, 0.2) is 0 Å². The summed E-state index contributed by atoms with van der Waals surface area (Å²) in [6.45, 7) is 0.812. The van der Waals surface area contributed by atoms with Crippen LogP contribution in [0, 0.1) is 0 Å². The molecule has 2 saturated heterocycles. The summed E-state index contributed by atoms with van der Waals surface area (Å²) in [5, 5.41) is 13.4. The Hall–Kier alpha value is -6.43. The van der Waals surface area contributed by atoms with Crippen molar-refractivity contribution >= 4 is 58.4 Å². The number of nitrogens with one attached hydrogen (secondary N) is 5. The van der Waals surface area contributed by atoms with Crippen LogP contribution in [0.3, 0.4) is 0 Å². The Morgan fingerprint density at radius 2 is 1.70 bits per heavy atom. The van der Waals surface area contributed by atoms with E-state index in [0.717, 1.165) is 10.5 Å². The summed E-state index contributed by atoms with van der Waals surface area (Å²) in [7, 11) is 1.41. The molecular formula is C38H35F4N9O5. The fraction of sp³-hybridized carbons (Fsp3) is 0.289. The topological polar surface area (TPSA) is 178 Å². The molecule has 290 valence electrons. The molecule has 0 spiro atoms. The zero-order valence-electron chi connectivity index (χ0n) is 29.7. The number of nitrogens with zero attached hydrogens (tertiary/aromatic N) is 4. The second-order valence-corrected chi connectivity index (χ2v) is 13.4. The van der Waals surface area contributed by atoms with E-state index < -0.39 is 65.3 Å². The number of benzene rings is 3. The number of alkyl halides is 4. The van der Waals surface area contributed by atoms with Crippen LogP contribution in [-0.2, 0) is 22.3 Å². The highest BCUT2D eigenvalue weighted by atomic mass is 19.4. The maximum atomic E-state index is 15.5. The van der Waals surface area contributed by atoms with Gasteiger partial charge < -0.3 is 26.2 Å². The number of rotatable bonds is 10. The van der Waals surface area contributed by atoms with Gasteiger partial charge >= 0.3 is 6.18 Å². The maximum absolute atomic E-state index is 15.5. The number of carbonyl (C=O) groups excluding carboxylic acids is 5. The maximum Gasteiger partial charge on any atom is 0.421 e. The third-order valence-corrected chi connectivity index (χ3v) is 9.85. The van der Waals surface area contributed by atoms with Crippen molar-refractivity contribution in [3.63, 3.8) is 0 Å². The van der Waals surface area contributed by atoms with Crippen LogP contribution < -0.4 is 31.5 Å². The van der Waals surface area contributed by atoms with Gasteiger partial charge in [0.25, 0.3) is 17.7 Å². The lowest BCUT2D eigenvalue weighted by molar-refractivity contribution is -0.138. The Bertz CT molecular complexity index is 2220. The Morgan fingerprint density at radius 3 is 2.41 bits per heavy atom. The van der Waals surface area contributed by atoms with E-state index >= 15 is 4.39 Å². The van der Waals surface area contributed by atoms with Crippen molar-refractivity contribution in [2.24, 2.45) is 0 Å². The number of hydrogen-bond donors (Lipinski definition) is 5. The highest BCUT2D eigenvalue weighted by Crippen LogP contribution is 2.36. The molecule has 3 aromatic carbocycles. The first-order chi connectivity index (χ1) is 26.8. The van der Waals surface area contributed by atoms with Crippen LogP contribution in [-0.4, -0.2) is 82.8 Å². The van der Waals surface area contributed by atoms with E-state index in [2.05, 4.69) is 36.6 Å². The molecule has 14 nitrogen and oxygen atoms in total. The van der Waals surface area contributed by atoms with Crippen LogP contribution in [0.4, 0.5) is 46.4 Å². The second kappa shape index (κ2) is 15.4. The number of imide groups is 2. The number of fused-ring (bicyclic) bond motifs is 1. The van der Waals surface area contributed by atoms with Crippen LogP contribution in [0.2, 0.25) is 0 Å². The lowest BCUT2D eigenvalue weighted by Crippen LogP contribution is -2.54. The zero-order valence-corrected chi connectivity index (χ0v) is 29.7. The molecule has 4 aromatic rings. The number of para-hydroxylation sites is 1. The van der Waals surface area contributed by atoms with E-state index in [1.165, 1.54) is 31.3 Å². The van der Waals surface area contributed by atoms with E-state index in [4.69, 9.17) is 0 Å². The molecule has 0 saturated carbocycles. The normalized spacial score (nSPS) is 19.8. The summed E-state index contributed by atoms with van der Waals surface area (Å²) < 4.78 is 57.1. The summed E-state index contributed by atoms with van der Waals surface area (Å²) in [5.74, 6) is -3.57. The highest BCUT2D eigenvalue weighted by molar-refractivity contribution is 6.23. The minimum Gasteiger partial charge on any atom is -0.368 e. The van der Waals surface area contributed by atoms with E-state index in [0.29, 0.717) is 37.1 Å². The molecule has 56 heavy (non-hydrogen) atoms. The monoisotopic (exact) mass is 773 g/mol. The molecule has 3 aliphatic heterocycles. The number of halogens is 4. The average molecular weight is 774 g/mol. The van der Waals surface area contributed by atoms with Gasteiger partial charge in [0.1, 0.15) is 23.6 Å². The first-order valence-corrected chi connectivity index (χ1v) is 17.7. The Labute approximate surface area is 317 Å². The van der Waals surface area contributed by atoms with Gasteiger partial charge in [-0.2, -0.15) is 18.2 Å². The lowest BCUT2D eigenvalue weighted by Gasteiger charge is -2.36. The van der Waals surface area contributed by atoms with Crippen LogP contribution in [0.15, 0.2) is 72.9 Å². The van der Waals surface area contributed by atoms with Gasteiger partial charge in [-0.3, -0.25) is 34.2 Å². The minimum atomic E-state index is -4.78. The zero-order chi connectivity index (χ0) is 39.7. The molecule has 1 unspecified atom stereocenters. The summed E-state index contributed by atoms with van der Waals surface area (Å²) in [5.41, 5.74) is 1.26. The van der Waals surface area contributed by atoms with E-state index in [-0.39, 0.29) is 47.7 Å². The third-order valence-electron chi connectivity index (χ3n) is 9.85. The Balaban J connectivity index is 0.951. The van der Waals surface area contributed by atoms with Crippen molar-refractivity contribution in [2.75, 3.05) is 35.7 Å². The number of anilines is 5. The molecule has 0 radical (unpaired) electrons. The van der Waals surface area contributed by atoms with Gasteiger partial charge in [0.05, 0.1) is 28.9 Å². The Morgan fingerprint density at radius 1 is 0.946 bits per heavy atom. The standard InChI is InChI=1S/C38H35F4N9O5/c1-43-33(53)24-4-2-3-5-28(24)47-32-26(38(40,41)42)18-45-37(49-32)46-21-8-6-20(7-9-21)17-44-29-14-15-50(19-27(29)39)22-10-11-23-25(16-22)36(56)51(35(23)55)30-12-13-31(52)48-34(30)54/h2-11,16,18,27,29-30,44H,12-15,17,19H2,1H3,(H,43,53)(H,48,52,54)(H2,45,46,47,49)/t27-,29+,30?/m0/s1. The van der Waals surface area contributed by atoms with Crippen molar-refractivity contribution in [1.29, 1.82) is 0 Å². The van der Waals surface area contributed by atoms with Gasteiger partial charge in [-0.25, -0.2) is 9.37 Å². The summed E-state index contributed by atoms with van der Waals surface area (Å²) in [6.07, 6.45) is -4.91. The van der Waals surface area contributed by atoms with E-state index in [1.807, 2.05) is 0 Å². The van der Waals surface area contributed by atoms with E-state index in [1.54, 1.807) is 47.4 Å². The first kappa shape index (κ1) is 37.9. The van der Waals surface area contributed by atoms with Crippen LogP contribution in [0.1, 0.15) is 61.5 Å². The quantitative estimate of drug-likeness (QED) is 0.114. The molecule has 3 atom stereocenters. The van der Waals surface area contributed by atoms with Crippen molar-refractivity contribution in [1.82, 2.24) is 30.8 Å². The number of hydrogen-bond acceptors (Lipinski definition) is 11. The van der Waals surface area contributed by atoms with Crippen LogP contribution in [0.5, 0.6) is 0 Å². The smallest absolute Gasteiger partial charge is 0.368 e. The molecule has 4 heterocycles. The summed E-state index contributed by atoms with van der Waals surface area (Å²) >= 11 is 0. The Kier molecular flexibility index (Phi) is 10.4. The van der Waals surface area contributed by atoms with Crippen LogP contribution >= 0.6 is 0 Å². The molecule has 0 bridgehead atoms. The predicted molar refractivity (Wildman–Crippen MR) is 195 cm³/mol. The number of carbonyl (C=O) groups is 5. The van der Waals surface area contributed by atoms with Gasteiger partial charge in [-0.15, -0.1) is 0 Å². The fourth-order valence-corrected chi connectivity index (χ4v) is 6.91. The lowest BCUT2D eigenvalue weighted by atomic mass is 10.0. The van der Waals surface area contributed by atoms with Crippen LogP contribution in [0.25, 0.3) is 0 Å². The molecule has 18 heteroatoms. The van der Waals surface area contributed by atoms with Gasteiger partial charge in [-0.05, 0) is 60.9 Å². The molecular weight excluding hydrogens is 738 g/mol. The number of aromatic nitrogens is 2. The van der Waals surface area contributed by atoms with Gasteiger partial charge in [-0.1, -0.05) is 24.3 Å². The fourth-order valence-electron chi connectivity index (χ4n) is 6.91. The second-order valence-electron chi connectivity index (χ2n) is 13.4. The van der Waals surface area contributed by atoms with E-state index in [9.17, 15) is 37.1 Å². The van der Waals surface area contributed by atoms with Crippen molar-refractivity contribution in [3.8, 4) is 0 Å². The molecule has 5 amide bonds. The van der Waals surface area contributed by atoms with Gasteiger partial charge in [0.2, 0.25) is 17.8 Å². The first-order valence-electron chi connectivity index (χ1n) is 17.7. The third kappa shape index (κ3) is 7.72. The SMILES string of the molecule is CNC(=O)c1ccccc1Nc1nc(Nc2ccc(CN[C@@H]3CCN(c4ccc5c(c4)C(=O)N(C4CCC(=O)NC4=O)C5=O)C[C@@H]3F)cc2)ncc1C(F)(F)F. The highest BCUT2D eigenvalue weighted by Gasteiger charge is 2.45. The summed E-state index contributed by atoms with van der Waals surface area (Å²) in [4.78, 5) is 73.1. The summed E-state index contributed by atoms with van der Waals surface area (Å²) in [6, 6.07) is 16.1.